The van der Waals surface area contributed by atoms with Crippen molar-refractivity contribution in [1.82, 2.24) is 6.55 Å². The summed E-state index contributed by atoms with van der Waals surface area (Å²) >= 11 is -2.51. The van der Waals surface area contributed by atoms with Gasteiger partial charge in [0.15, 0.2) is 0 Å². The van der Waals surface area contributed by atoms with Gasteiger partial charge in [-0.2, -0.15) is 0 Å². The Labute approximate surface area is 423 Å². The van der Waals surface area contributed by atoms with Crippen LogP contribution in [0.25, 0.3) is 64.6 Å². The Morgan fingerprint density at radius 1 is 0.338 bits per heavy atom. The molecule has 0 spiro atoms. The van der Waals surface area contributed by atoms with Crippen LogP contribution in [0.15, 0.2) is 171 Å². The Kier molecular flexibility index (Phi) is 9.52. The van der Waals surface area contributed by atoms with Crippen LogP contribution < -0.4 is 11.0 Å². The quantitative estimate of drug-likeness (QED) is 0.179. The van der Waals surface area contributed by atoms with Gasteiger partial charge in [-0.1, -0.05) is 0 Å². The second kappa shape index (κ2) is 15.2. The zero-order chi connectivity index (χ0) is 50.4. The van der Waals surface area contributed by atoms with Gasteiger partial charge >= 0.3 is 420 Å². The molecule has 0 atom stereocenters. The van der Waals surface area contributed by atoms with Crippen LogP contribution in [0.4, 0.5) is 11.6 Å². The summed E-state index contributed by atoms with van der Waals surface area (Å²) in [4.78, 5) is 28.7. The van der Waals surface area contributed by atoms with E-state index in [9.17, 15) is 51.9 Å². The number of benzene rings is 8. The van der Waals surface area contributed by atoms with Crippen LogP contribution in [0.5, 0.6) is 0 Å². The number of rotatable bonds is 4. The maximum atomic E-state index is 12.8. The van der Waals surface area contributed by atoms with E-state index in [-0.39, 0.29) is 84.1 Å². The zero-order valence-corrected chi connectivity index (χ0v) is 42.4. The molecule has 363 valence electrons. The minimum atomic E-state index is -5.05. The van der Waals surface area contributed by atoms with Crippen LogP contribution in [0.1, 0.15) is 22.3 Å². The summed E-state index contributed by atoms with van der Waals surface area (Å²) in [5.41, 5.74) is 1.64. The van der Waals surface area contributed by atoms with Crippen LogP contribution in [-0.2, 0) is 40.5 Å². The molecule has 14 rings (SSSR count). The van der Waals surface area contributed by atoms with Gasteiger partial charge in [-0.3, -0.25) is 0 Å². The Balaban J connectivity index is 0.00000528. The molecule has 21 nitrogen and oxygen atoms in total. The van der Waals surface area contributed by atoms with Gasteiger partial charge < -0.3 is 5.48 Å². The summed E-state index contributed by atoms with van der Waals surface area (Å²) in [5, 5.41) is 3.03. The van der Waals surface area contributed by atoms with Crippen molar-refractivity contribution in [3.05, 3.63) is 155 Å². The fourth-order valence-electron chi connectivity index (χ4n) is 10.2. The third-order valence-corrected chi connectivity index (χ3v) is 19.9. The summed E-state index contributed by atoms with van der Waals surface area (Å²) in [7, 11) is -20.1. The third kappa shape index (κ3) is 6.71. The molecule has 4 aliphatic heterocycles. The van der Waals surface area contributed by atoms with E-state index in [0.717, 1.165) is 0 Å². The summed E-state index contributed by atoms with van der Waals surface area (Å²) in [6.07, 6.45) is 0. The van der Waals surface area contributed by atoms with Crippen LogP contribution in [-0.4, -0.2) is 105 Å². The van der Waals surface area contributed by atoms with Gasteiger partial charge in [0.1, 0.15) is 0 Å². The van der Waals surface area contributed by atoms with Crippen molar-refractivity contribution in [2.45, 2.75) is 19.6 Å². The molecule has 6 heterocycles. The van der Waals surface area contributed by atoms with Gasteiger partial charge in [0.25, 0.3) is 0 Å². The molecule has 1 radical (unpaired) electrons. The molecule has 8 aromatic carbocycles. The minimum absolute atomic E-state index is 0. The predicted molar refractivity (Wildman–Crippen MR) is 267 cm³/mol. The fourth-order valence-corrected chi connectivity index (χ4v) is 16.1. The van der Waals surface area contributed by atoms with E-state index in [1.165, 1.54) is 72.8 Å². The Morgan fingerprint density at radius 3 is 1.05 bits per heavy atom. The molecule has 26 heteroatoms. The number of aromatic nitrogens is 2. The number of aliphatic imine (C=N–C) groups is 4. The summed E-state index contributed by atoms with van der Waals surface area (Å²) in [5.74, 6) is 0.559. The van der Waals surface area contributed by atoms with Crippen LogP contribution in [0.2, 0.25) is 0 Å². The Bertz CT molecular complexity index is 5190. The molecule has 0 unspecified atom stereocenters. The van der Waals surface area contributed by atoms with E-state index in [4.69, 9.17) is 30.0 Å². The van der Waals surface area contributed by atoms with Crippen LogP contribution in [0, 0.1) is 0 Å². The van der Waals surface area contributed by atoms with Crippen LogP contribution in [0.3, 0.4) is 0 Å². The van der Waals surface area contributed by atoms with Gasteiger partial charge in [-0.25, -0.2) is 0 Å². The van der Waals surface area contributed by atoms with E-state index in [0.29, 0.717) is 54.2 Å². The van der Waals surface area contributed by atoms with Gasteiger partial charge in [0, 0.05) is 0 Å². The zero-order valence-electron chi connectivity index (χ0n) is 36.7. The molecule has 2 aromatic heterocycles. The molecule has 0 saturated carbocycles. The van der Waals surface area contributed by atoms with E-state index in [2.05, 4.69) is 0 Å². The van der Waals surface area contributed by atoms with Crippen molar-refractivity contribution in [3.8, 4) is 0 Å². The van der Waals surface area contributed by atoms with Gasteiger partial charge in [-0.05, 0) is 0 Å². The number of nitrogens with zero attached hydrogens (tertiary/aromatic N) is 8. The van der Waals surface area contributed by atoms with Crippen molar-refractivity contribution < 1.29 is 57.4 Å². The van der Waals surface area contributed by atoms with E-state index >= 15 is 0 Å². The van der Waals surface area contributed by atoms with Crippen molar-refractivity contribution in [2.75, 3.05) is 0 Å². The number of hydrogen-bond acceptors (Lipinski definition) is 18. The standard InChI is InChI=1S/C48H24N8O12S4.Ga.H2O/c57-69(58,59)37-9-1-5-21-13-29-33(17-25(21)37)45-49-41(29)53-46-34-18-26-22(6-2-10-38(26)70(60,61)62)14-30(34)43(50-46)55-48-36-20-28-24(8-4-12-40(28)72(66,67)68)16-32(36)44(52-48)56-47-35-19-27-23(15-31(35)42(51-47)54-45)7-3-11-39(27)71(63,64)65;;/h1-20H,(H4-2,49,50,51,52,53,54,55,56,57,58,59,60,61,62,63,64,65,66,67,68);;1H2/q-2;+2;/p-4. The van der Waals surface area contributed by atoms with E-state index in [1.807, 2.05) is 0 Å². The topological polar surface area (TPSA) is 344 Å². The molecular weight excluding hydrogens is 1090 g/mol. The first-order valence-electron chi connectivity index (χ1n) is 21.5. The van der Waals surface area contributed by atoms with Gasteiger partial charge in [0.05, 0.1) is 0 Å². The van der Waals surface area contributed by atoms with E-state index < -0.39 is 77.9 Å². The summed E-state index contributed by atoms with van der Waals surface area (Å²) in [6, 6.07) is 29.5. The molecule has 0 amide bonds. The van der Waals surface area contributed by atoms with Gasteiger partial charge in [0.2, 0.25) is 0 Å². The number of amidine groups is 4. The molecular formula is C48H22GaN8O13S4-4. The van der Waals surface area contributed by atoms with E-state index in [1.54, 1.807) is 55.1 Å². The Morgan fingerprint density at radius 2 is 0.649 bits per heavy atom. The second-order valence-corrected chi connectivity index (χ2v) is 25.5. The molecule has 6 bridgehead atoms. The summed E-state index contributed by atoms with van der Waals surface area (Å²) in [6.45, 7) is 0. The first-order chi connectivity index (χ1) is 34.7. The van der Waals surface area contributed by atoms with Crippen molar-refractivity contribution in [2.24, 2.45) is 30.0 Å². The number of hydrogen-bond donors (Lipinski definition) is 0. The average Bonchev–Trinajstić information content (AvgIpc) is 4.01. The predicted octanol–water partition coefficient (Wildman–Crippen LogP) is 3.87. The first kappa shape index (κ1) is 46.2. The second-order valence-electron chi connectivity index (χ2n) is 17.4. The van der Waals surface area contributed by atoms with Gasteiger partial charge in [-0.15, -0.1) is 0 Å². The SMILES string of the molecule is O.O=S(=O)([O-])c1cccc2cc3c(cc12)C1=NC3=Nc2c3cc4c(S(=O)(=O)[O-])cccc4cc3c3[n]2[Ga][n]2c(c4cc5cccc(S(=O)(=O)[O-])c5cc4c2=NC2=NC(=N3)c3cc4c(S(=O)(=O)[O-])cccc4cc32)=N1. The molecule has 2 N–H and O–H groups in total. The monoisotopic (exact) mass is 1110 g/mol. The van der Waals surface area contributed by atoms with Crippen LogP contribution >= 0.6 is 0 Å². The third-order valence-electron chi connectivity index (χ3n) is 13.3. The summed E-state index contributed by atoms with van der Waals surface area (Å²) < 4.78 is 156. The number of fused-ring (bicyclic) bond motifs is 18. The van der Waals surface area contributed by atoms with Crippen molar-refractivity contribution in [1.29, 1.82) is 0 Å². The fraction of sp³-hybridized carbons (Fsp3) is 0. The Hall–Kier alpha value is -7.60. The maximum absolute atomic E-state index is 12.8. The molecule has 0 aliphatic carbocycles. The average molecular weight is 1120 g/mol. The normalized spacial score (nSPS) is 14.9. The van der Waals surface area contributed by atoms with Crippen molar-refractivity contribution in [3.63, 3.8) is 0 Å². The molecule has 10 aromatic rings. The molecule has 4 aliphatic rings. The first-order valence-corrected chi connectivity index (χ1v) is 29.3. The molecule has 0 fully saturated rings. The van der Waals surface area contributed by atoms with Crippen molar-refractivity contribution >= 4 is 158 Å². The molecule has 74 heavy (non-hydrogen) atoms. The molecule has 0 saturated heterocycles.